The molecule has 1 unspecified atom stereocenters. The predicted molar refractivity (Wildman–Crippen MR) is 110 cm³/mol. The summed E-state index contributed by atoms with van der Waals surface area (Å²) < 4.78 is 47.6. The number of carbonyl (C=O) groups is 1. The fourth-order valence-corrected chi connectivity index (χ4v) is 4.33. The van der Waals surface area contributed by atoms with E-state index in [1.807, 2.05) is 0 Å². The third-order valence-corrected chi connectivity index (χ3v) is 5.83. The molecule has 0 N–H and O–H groups in total. The van der Waals surface area contributed by atoms with Gasteiger partial charge in [0.15, 0.2) is 5.13 Å². The number of nitro benzene ring substituents is 1. The van der Waals surface area contributed by atoms with E-state index in [2.05, 4.69) is 9.72 Å². The molecule has 32 heavy (non-hydrogen) atoms. The molecule has 0 bridgehead atoms. The molecule has 1 aromatic heterocycles. The van der Waals surface area contributed by atoms with Gasteiger partial charge in [0, 0.05) is 30.4 Å². The molecule has 1 aliphatic rings. The molecule has 8 nitrogen and oxygen atoms in total. The standard InChI is InChI=1S/C20H16F3N3O5S/c21-20(22,23)31-14-7-8-16-17(10-14)32-19(24-16)25(11-15-2-1-9-30-15)18(27)12-3-5-13(6-4-12)26(28)29/h3-8,10,15H,1-2,9,11H2. The number of thiazole rings is 1. The summed E-state index contributed by atoms with van der Waals surface area (Å²) in [7, 11) is 0. The maximum atomic E-state index is 13.2. The number of hydrogen-bond acceptors (Lipinski definition) is 7. The van der Waals surface area contributed by atoms with E-state index < -0.39 is 17.2 Å². The summed E-state index contributed by atoms with van der Waals surface area (Å²) in [5.74, 6) is -0.825. The van der Waals surface area contributed by atoms with Crippen LogP contribution in [0, 0.1) is 10.1 Å². The highest BCUT2D eigenvalue weighted by Crippen LogP contribution is 2.34. The summed E-state index contributed by atoms with van der Waals surface area (Å²) in [5.41, 5.74) is 0.478. The molecule has 2 heterocycles. The van der Waals surface area contributed by atoms with Gasteiger partial charge < -0.3 is 9.47 Å². The highest BCUT2D eigenvalue weighted by atomic mass is 32.1. The quantitative estimate of drug-likeness (QED) is 0.377. The molecule has 168 valence electrons. The van der Waals surface area contributed by atoms with Crippen molar-refractivity contribution >= 4 is 38.3 Å². The second kappa shape index (κ2) is 8.71. The van der Waals surface area contributed by atoms with Crippen LogP contribution in [0.2, 0.25) is 0 Å². The zero-order valence-electron chi connectivity index (χ0n) is 16.4. The van der Waals surface area contributed by atoms with E-state index in [4.69, 9.17) is 4.74 Å². The third kappa shape index (κ3) is 4.97. The molecule has 0 aliphatic carbocycles. The first-order valence-electron chi connectivity index (χ1n) is 9.54. The summed E-state index contributed by atoms with van der Waals surface area (Å²) >= 11 is 1.04. The fraction of sp³-hybridized carbons (Fsp3) is 0.300. The average molecular weight is 467 g/mol. The van der Waals surface area contributed by atoms with E-state index in [1.54, 1.807) is 0 Å². The van der Waals surface area contributed by atoms with E-state index in [1.165, 1.54) is 41.3 Å². The molecule has 12 heteroatoms. The van der Waals surface area contributed by atoms with Crippen molar-refractivity contribution in [1.82, 2.24) is 4.98 Å². The molecule has 0 radical (unpaired) electrons. The molecule has 1 saturated heterocycles. The van der Waals surface area contributed by atoms with Gasteiger partial charge in [0.25, 0.3) is 11.6 Å². The van der Waals surface area contributed by atoms with E-state index in [0.29, 0.717) is 16.8 Å². The Balaban J connectivity index is 1.66. The number of halogens is 3. The molecular weight excluding hydrogens is 451 g/mol. The first-order valence-corrected chi connectivity index (χ1v) is 10.4. The lowest BCUT2D eigenvalue weighted by molar-refractivity contribution is -0.384. The monoisotopic (exact) mass is 467 g/mol. The van der Waals surface area contributed by atoms with Crippen LogP contribution in [0.25, 0.3) is 10.2 Å². The van der Waals surface area contributed by atoms with Crippen LogP contribution in [0.4, 0.5) is 24.0 Å². The number of nitro groups is 1. The SMILES string of the molecule is O=C(c1ccc([N+](=O)[O-])cc1)N(CC1CCCO1)c1nc2ccc(OC(F)(F)F)cc2s1. The van der Waals surface area contributed by atoms with Gasteiger partial charge in [-0.1, -0.05) is 11.3 Å². The largest absolute Gasteiger partial charge is 0.573 e. The number of rotatable bonds is 6. The number of ether oxygens (including phenoxy) is 2. The molecular formula is C20H16F3N3O5S. The zero-order chi connectivity index (χ0) is 22.9. The summed E-state index contributed by atoms with van der Waals surface area (Å²) in [6.07, 6.45) is -3.44. The molecule has 1 atom stereocenters. The maximum absolute atomic E-state index is 13.2. The number of alkyl halides is 3. The zero-order valence-corrected chi connectivity index (χ0v) is 17.2. The Morgan fingerprint density at radius 3 is 2.66 bits per heavy atom. The molecule has 2 aromatic carbocycles. The summed E-state index contributed by atoms with van der Waals surface area (Å²) in [4.78, 5) is 29.4. The molecule has 1 amide bonds. The Kier molecular flexibility index (Phi) is 5.98. The normalized spacial score (nSPS) is 16.3. The van der Waals surface area contributed by atoms with Crippen molar-refractivity contribution in [2.45, 2.75) is 25.3 Å². The van der Waals surface area contributed by atoms with Gasteiger partial charge in [-0.15, -0.1) is 13.2 Å². The number of amides is 1. The highest BCUT2D eigenvalue weighted by molar-refractivity contribution is 7.22. The van der Waals surface area contributed by atoms with Crippen molar-refractivity contribution in [3.63, 3.8) is 0 Å². The van der Waals surface area contributed by atoms with Crippen LogP contribution < -0.4 is 9.64 Å². The van der Waals surface area contributed by atoms with E-state index in [0.717, 1.165) is 30.2 Å². The fourth-order valence-electron chi connectivity index (χ4n) is 3.33. The van der Waals surface area contributed by atoms with E-state index in [9.17, 15) is 28.1 Å². The van der Waals surface area contributed by atoms with Gasteiger partial charge in [-0.05, 0) is 37.1 Å². The van der Waals surface area contributed by atoms with E-state index in [-0.39, 0.29) is 34.8 Å². The second-order valence-corrected chi connectivity index (χ2v) is 8.04. The Morgan fingerprint density at radius 1 is 1.28 bits per heavy atom. The number of aromatic nitrogens is 1. The number of benzene rings is 2. The molecule has 3 aromatic rings. The minimum absolute atomic E-state index is 0.149. The van der Waals surface area contributed by atoms with Crippen molar-refractivity contribution in [2.24, 2.45) is 0 Å². The Morgan fingerprint density at radius 2 is 2.03 bits per heavy atom. The first kappa shape index (κ1) is 22.0. The Bertz CT molecular complexity index is 1140. The molecule has 0 saturated carbocycles. The third-order valence-electron chi connectivity index (χ3n) is 4.79. The van der Waals surface area contributed by atoms with Crippen molar-refractivity contribution in [1.29, 1.82) is 0 Å². The van der Waals surface area contributed by atoms with Crippen LogP contribution in [0.3, 0.4) is 0 Å². The van der Waals surface area contributed by atoms with E-state index >= 15 is 0 Å². The number of nitrogens with zero attached hydrogens (tertiary/aromatic N) is 3. The summed E-state index contributed by atoms with van der Waals surface area (Å²) in [6, 6.07) is 8.92. The maximum Gasteiger partial charge on any atom is 0.573 e. The smallest absolute Gasteiger partial charge is 0.406 e. The number of carbonyl (C=O) groups excluding carboxylic acids is 1. The Hall–Kier alpha value is -3.25. The van der Waals surface area contributed by atoms with Gasteiger partial charge in [0.2, 0.25) is 0 Å². The van der Waals surface area contributed by atoms with Gasteiger partial charge >= 0.3 is 6.36 Å². The second-order valence-electron chi connectivity index (χ2n) is 7.03. The van der Waals surface area contributed by atoms with Gasteiger partial charge in [-0.2, -0.15) is 0 Å². The highest BCUT2D eigenvalue weighted by Gasteiger charge is 2.32. The van der Waals surface area contributed by atoms with Crippen LogP contribution in [0.15, 0.2) is 42.5 Å². The molecule has 1 fully saturated rings. The van der Waals surface area contributed by atoms with Crippen molar-refractivity contribution in [3.8, 4) is 5.75 Å². The van der Waals surface area contributed by atoms with Crippen LogP contribution >= 0.6 is 11.3 Å². The van der Waals surface area contributed by atoms with Gasteiger partial charge in [0.1, 0.15) is 5.75 Å². The molecule has 0 spiro atoms. The summed E-state index contributed by atoms with van der Waals surface area (Å²) in [5, 5.41) is 11.2. The van der Waals surface area contributed by atoms with Gasteiger partial charge in [0.05, 0.1) is 27.8 Å². The van der Waals surface area contributed by atoms with Crippen molar-refractivity contribution in [2.75, 3.05) is 18.1 Å². The van der Waals surface area contributed by atoms with Crippen LogP contribution in [-0.2, 0) is 4.74 Å². The van der Waals surface area contributed by atoms with Crippen LogP contribution in [0.1, 0.15) is 23.2 Å². The predicted octanol–water partition coefficient (Wildman–Crippen LogP) is 4.93. The van der Waals surface area contributed by atoms with Crippen LogP contribution in [0.5, 0.6) is 5.75 Å². The van der Waals surface area contributed by atoms with Gasteiger partial charge in [-0.25, -0.2) is 4.98 Å². The van der Waals surface area contributed by atoms with Crippen LogP contribution in [-0.4, -0.2) is 41.4 Å². The number of fused-ring (bicyclic) bond motifs is 1. The minimum Gasteiger partial charge on any atom is -0.406 e. The lowest BCUT2D eigenvalue weighted by atomic mass is 10.1. The Labute approximate surface area is 183 Å². The summed E-state index contributed by atoms with van der Waals surface area (Å²) in [6.45, 7) is 0.768. The topological polar surface area (TPSA) is 94.8 Å². The number of anilines is 1. The molecule has 4 rings (SSSR count). The number of non-ortho nitro benzene ring substituents is 1. The average Bonchev–Trinajstić information content (AvgIpc) is 3.39. The first-order chi connectivity index (χ1) is 15.2. The molecule has 1 aliphatic heterocycles. The lowest BCUT2D eigenvalue weighted by Crippen LogP contribution is -2.37. The van der Waals surface area contributed by atoms with Crippen molar-refractivity contribution in [3.05, 3.63) is 58.1 Å². The van der Waals surface area contributed by atoms with Gasteiger partial charge in [-0.3, -0.25) is 19.8 Å². The van der Waals surface area contributed by atoms with Crippen molar-refractivity contribution < 1.29 is 32.4 Å². The lowest BCUT2D eigenvalue weighted by Gasteiger charge is -2.23. The number of hydrogen-bond donors (Lipinski definition) is 0. The minimum atomic E-state index is -4.82.